The molecule has 0 aliphatic heterocycles. The number of nitrogens with zero attached hydrogens (tertiary/aromatic N) is 3. The molecule has 0 spiro atoms. The molecule has 24 heavy (non-hydrogen) atoms. The predicted octanol–water partition coefficient (Wildman–Crippen LogP) is 2.94. The first-order valence-electron chi connectivity index (χ1n) is 7.89. The van der Waals surface area contributed by atoms with Crippen molar-refractivity contribution in [3.05, 3.63) is 72.7 Å². The Morgan fingerprint density at radius 1 is 1.08 bits per heavy atom. The van der Waals surface area contributed by atoms with Gasteiger partial charge in [-0.05, 0) is 30.2 Å². The van der Waals surface area contributed by atoms with E-state index in [1.807, 2.05) is 30.3 Å². The highest BCUT2D eigenvalue weighted by Crippen LogP contribution is 2.40. The number of amides is 2. The molecular formula is C18H17N5O. The number of nitrogens with one attached hydrogen (secondary N) is 2. The molecule has 1 aromatic carbocycles. The zero-order chi connectivity index (χ0) is 16.4. The van der Waals surface area contributed by atoms with E-state index in [0.717, 1.165) is 6.42 Å². The number of urea groups is 1. The number of carbonyl (C=O) groups excluding carboxylic acids is 1. The van der Waals surface area contributed by atoms with E-state index >= 15 is 0 Å². The van der Waals surface area contributed by atoms with Crippen LogP contribution < -0.4 is 10.6 Å². The highest BCUT2D eigenvalue weighted by molar-refractivity contribution is 5.91. The fourth-order valence-electron chi connectivity index (χ4n) is 2.82. The number of rotatable bonds is 4. The first kappa shape index (κ1) is 14.4. The van der Waals surface area contributed by atoms with Crippen LogP contribution in [0.5, 0.6) is 0 Å². The fourth-order valence-corrected chi connectivity index (χ4v) is 2.82. The van der Waals surface area contributed by atoms with Gasteiger partial charge in [-0.2, -0.15) is 5.10 Å². The zero-order valence-electron chi connectivity index (χ0n) is 13.0. The summed E-state index contributed by atoms with van der Waals surface area (Å²) in [6.45, 7) is 0. The van der Waals surface area contributed by atoms with Crippen LogP contribution in [0.1, 0.15) is 17.9 Å². The molecule has 2 N–H and O–H groups in total. The van der Waals surface area contributed by atoms with Crippen LogP contribution >= 0.6 is 0 Å². The molecule has 1 aliphatic carbocycles. The molecule has 120 valence electrons. The largest absolute Gasteiger partial charge is 0.334 e. The van der Waals surface area contributed by atoms with Crippen molar-refractivity contribution < 1.29 is 4.79 Å². The van der Waals surface area contributed by atoms with Gasteiger partial charge in [0.1, 0.15) is 0 Å². The van der Waals surface area contributed by atoms with E-state index in [1.165, 1.54) is 5.56 Å². The Labute approximate surface area is 139 Å². The van der Waals surface area contributed by atoms with Crippen molar-refractivity contribution >= 4 is 11.7 Å². The second kappa shape index (κ2) is 6.16. The highest BCUT2D eigenvalue weighted by atomic mass is 16.2. The smallest absolute Gasteiger partial charge is 0.319 e. The number of hydrogen-bond donors (Lipinski definition) is 2. The SMILES string of the molecule is O=C(Nc1cccnc1-n1cccn1)NC1CC1c1ccccc1. The fraction of sp³-hybridized carbons (Fsp3) is 0.167. The van der Waals surface area contributed by atoms with E-state index in [2.05, 4.69) is 32.8 Å². The van der Waals surface area contributed by atoms with Crippen LogP contribution in [0.3, 0.4) is 0 Å². The van der Waals surface area contributed by atoms with Crippen molar-refractivity contribution in [3.63, 3.8) is 0 Å². The van der Waals surface area contributed by atoms with Crippen molar-refractivity contribution in [3.8, 4) is 5.82 Å². The number of pyridine rings is 1. The normalized spacial score (nSPS) is 18.8. The van der Waals surface area contributed by atoms with Crippen molar-refractivity contribution in [1.29, 1.82) is 0 Å². The molecule has 1 saturated carbocycles. The summed E-state index contributed by atoms with van der Waals surface area (Å²) in [5.74, 6) is 0.990. The molecule has 2 unspecified atom stereocenters. The zero-order valence-corrected chi connectivity index (χ0v) is 13.0. The summed E-state index contributed by atoms with van der Waals surface area (Å²) in [7, 11) is 0. The molecule has 1 fully saturated rings. The molecule has 1 aliphatic rings. The van der Waals surface area contributed by atoms with Gasteiger partial charge in [-0.15, -0.1) is 0 Å². The van der Waals surface area contributed by atoms with Gasteiger partial charge >= 0.3 is 6.03 Å². The standard InChI is InChI=1S/C18H17N5O/c24-18(22-16-12-14(16)13-6-2-1-3-7-13)21-15-8-4-9-19-17(15)23-11-5-10-20-23/h1-11,14,16H,12H2,(H2,21,22,24). The molecule has 3 aromatic rings. The minimum absolute atomic E-state index is 0.178. The monoisotopic (exact) mass is 319 g/mol. The van der Waals surface area contributed by atoms with Crippen LogP contribution in [0, 0.1) is 0 Å². The van der Waals surface area contributed by atoms with Crippen LogP contribution in [0.25, 0.3) is 5.82 Å². The summed E-state index contributed by atoms with van der Waals surface area (Å²) in [5, 5.41) is 10.0. The average molecular weight is 319 g/mol. The summed E-state index contributed by atoms with van der Waals surface area (Å²) in [4.78, 5) is 16.6. The molecule has 2 amide bonds. The lowest BCUT2D eigenvalue weighted by molar-refractivity contribution is 0.251. The third-order valence-electron chi connectivity index (χ3n) is 4.09. The van der Waals surface area contributed by atoms with Gasteiger partial charge in [0.15, 0.2) is 5.82 Å². The Morgan fingerprint density at radius 2 is 1.96 bits per heavy atom. The van der Waals surface area contributed by atoms with Gasteiger partial charge in [0, 0.05) is 30.6 Å². The summed E-state index contributed by atoms with van der Waals surface area (Å²) in [6.07, 6.45) is 6.10. The third-order valence-corrected chi connectivity index (χ3v) is 4.09. The predicted molar refractivity (Wildman–Crippen MR) is 91.1 cm³/mol. The van der Waals surface area contributed by atoms with E-state index in [4.69, 9.17) is 0 Å². The van der Waals surface area contributed by atoms with Gasteiger partial charge in [0.05, 0.1) is 5.69 Å². The van der Waals surface area contributed by atoms with Gasteiger partial charge in [0.25, 0.3) is 0 Å². The summed E-state index contributed by atoms with van der Waals surface area (Å²) in [6, 6.07) is 15.6. The molecule has 6 heteroatoms. The maximum absolute atomic E-state index is 12.3. The van der Waals surface area contributed by atoms with Crippen LogP contribution in [0.2, 0.25) is 0 Å². The Morgan fingerprint density at radius 3 is 2.75 bits per heavy atom. The molecule has 0 saturated heterocycles. The summed E-state index contributed by atoms with van der Waals surface area (Å²) >= 11 is 0. The minimum Gasteiger partial charge on any atom is -0.334 e. The van der Waals surface area contributed by atoms with Gasteiger partial charge in [-0.25, -0.2) is 14.5 Å². The van der Waals surface area contributed by atoms with Crippen molar-refractivity contribution in [2.45, 2.75) is 18.4 Å². The van der Waals surface area contributed by atoms with E-state index in [1.54, 1.807) is 29.3 Å². The lowest BCUT2D eigenvalue weighted by Crippen LogP contribution is -2.31. The number of carbonyl (C=O) groups is 1. The first-order valence-corrected chi connectivity index (χ1v) is 7.89. The Balaban J connectivity index is 1.41. The van der Waals surface area contributed by atoms with E-state index in [9.17, 15) is 4.79 Å². The topological polar surface area (TPSA) is 71.8 Å². The molecule has 6 nitrogen and oxygen atoms in total. The van der Waals surface area contributed by atoms with E-state index in [-0.39, 0.29) is 12.1 Å². The second-order valence-electron chi connectivity index (χ2n) is 5.78. The maximum atomic E-state index is 12.3. The van der Waals surface area contributed by atoms with E-state index < -0.39 is 0 Å². The minimum atomic E-state index is -0.222. The quantitative estimate of drug-likeness (QED) is 0.776. The van der Waals surface area contributed by atoms with Crippen LogP contribution in [-0.2, 0) is 0 Å². The first-order chi connectivity index (χ1) is 11.8. The van der Waals surface area contributed by atoms with E-state index in [0.29, 0.717) is 17.4 Å². The Hall–Kier alpha value is -3.15. The van der Waals surface area contributed by atoms with Crippen LogP contribution in [0.15, 0.2) is 67.1 Å². The molecule has 0 radical (unpaired) electrons. The van der Waals surface area contributed by atoms with Gasteiger partial charge in [-0.3, -0.25) is 0 Å². The average Bonchev–Trinajstić information content (AvgIpc) is 3.15. The number of hydrogen-bond acceptors (Lipinski definition) is 3. The molecular weight excluding hydrogens is 302 g/mol. The van der Waals surface area contributed by atoms with Gasteiger partial charge in [0.2, 0.25) is 0 Å². The maximum Gasteiger partial charge on any atom is 0.319 e. The summed E-state index contributed by atoms with van der Waals surface area (Å²) < 4.78 is 1.62. The molecule has 0 bridgehead atoms. The number of anilines is 1. The molecule has 2 heterocycles. The molecule has 2 aromatic heterocycles. The van der Waals surface area contributed by atoms with Crippen molar-refractivity contribution in [2.24, 2.45) is 0 Å². The highest BCUT2D eigenvalue weighted by Gasteiger charge is 2.39. The third kappa shape index (κ3) is 2.99. The van der Waals surface area contributed by atoms with Gasteiger partial charge < -0.3 is 10.6 Å². The van der Waals surface area contributed by atoms with Crippen molar-refractivity contribution in [1.82, 2.24) is 20.1 Å². The van der Waals surface area contributed by atoms with Crippen molar-refractivity contribution in [2.75, 3.05) is 5.32 Å². The lowest BCUT2D eigenvalue weighted by atomic mass is 10.1. The second-order valence-corrected chi connectivity index (χ2v) is 5.78. The molecule has 4 rings (SSSR count). The molecule has 2 atom stereocenters. The Kier molecular flexibility index (Phi) is 3.70. The number of aromatic nitrogens is 3. The van der Waals surface area contributed by atoms with Crippen LogP contribution in [0.4, 0.5) is 10.5 Å². The lowest BCUT2D eigenvalue weighted by Gasteiger charge is -2.11. The van der Waals surface area contributed by atoms with Crippen LogP contribution in [-0.4, -0.2) is 26.8 Å². The Bertz CT molecular complexity index is 832. The van der Waals surface area contributed by atoms with Gasteiger partial charge in [-0.1, -0.05) is 30.3 Å². The number of benzene rings is 1. The summed E-state index contributed by atoms with van der Waals surface area (Å²) in [5.41, 5.74) is 1.89.